The lowest BCUT2D eigenvalue weighted by Gasteiger charge is -2.19. The predicted molar refractivity (Wildman–Crippen MR) is 109 cm³/mol. The van der Waals surface area contributed by atoms with Crippen LogP contribution >= 0.6 is 0 Å². The Morgan fingerprint density at radius 1 is 1.17 bits per heavy atom. The van der Waals surface area contributed by atoms with Crippen LogP contribution in [-0.2, 0) is 6.54 Å². The zero-order chi connectivity index (χ0) is 21.5. The maximum Gasteiger partial charge on any atom is 0.328 e. The third-order valence-electron chi connectivity index (χ3n) is 5.90. The summed E-state index contributed by atoms with van der Waals surface area (Å²) in [6, 6.07) is 5.45. The zero-order valence-corrected chi connectivity index (χ0v) is 17.3. The van der Waals surface area contributed by atoms with Crippen LogP contribution in [0.25, 0.3) is 0 Å². The molecule has 1 unspecified atom stereocenters. The summed E-state index contributed by atoms with van der Waals surface area (Å²) in [6.07, 6.45) is 0.555. The number of hydrogen-bond donors (Lipinski definition) is 3. The van der Waals surface area contributed by atoms with Crippen LogP contribution in [-0.4, -0.2) is 38.8 Å². The van der Waals surface area contributed by atoms with Gasteiger partial charge in [-0.25, -0.2) is 4.79 Å². The number of nitrogens with zero attached hydrogens (tertiary/aromatic N) is 1. The first kappa shape index (κ1) is 21.2. The Balaban J connectivity index is 2.19. The van der Waals surface area contributed by atoms with E-state index in [1.165, 1.54) is 4.57 Å². The Kier molecular flexibility index (Phi) is 5.65. The molecule has 1 heterocycles. The first-order valence-corrected chi connectivity index (χ1v) is 9.85. The van der Waals surface area contributed by atoms with Crippen molar-refractivity contribution in [1.82, 2.24) is 9.55 Å². The molecule has 1 aliphatic carbocycles. The van der Waals surface area contributed by atoms with Crippen molar-refractivity contribution in [3.8, 4) is 0 Å². The predicted octanol–water partition coefficient (Wildman–Crippen LogP) is 1.50. The highest BCUT2D eigenvalue weighted by molar-refractivity contribution is 6.09. The van der Waals surface area contributed by atoms with Gasteiger partial charge >= 0.3 is 5.69 Å². The van der Waals surface area contributed by atoms with Crippen LogP contribution in [0.2, 0.25) is 0 Å². The number of aliphatic hydroxyl groups excluding tert-OH is 2. The van der Waals surface area contributed by atoms with Gasteiger partial charge in [0.25, 0.3) is 5.56 Å². The molecule has 1 aromatic heterocycles. The van der Waals surface area contributed by atoms with Gasteiger partial charge < -0.3 is 10.2 Å². The van der Waals surface area contributed by atoms with Crippen LogP contribution in [0.15, 0.2) is 27.8 Å². The summed E-state index contributed by atoms with van der Waals surface area (Å²) in [4.78, 5) is 41.1. The van der Waals surface area contributed by atoms with Crippen LogP contribution in [0.4, 0.5) is 0 Å². The Morgan fingerprint density at radius 2 is 1.76 bits per heavy atom. The van der Waals surface area contributed by atoms with Crippen molar-refractivity contribution in [3.05, 3.63) is 67.0 Å². The number of aromatic amines is 1. The number of ketones is 1. The summed E-state index contributed by atoms with van der Waals surface area (Å²) in [5.74, 6) is -0.787. The Labute approximate surface area is 169 Å². The van der Waals surface area contributed by atoms with E-state index < -0.39 is 16.7 Å². The number of aromatic nitrogens is 2. The zero-order valence-electron chi connectivity index (χ0n) is 17.3. The summed E-state index contributed by atoms with van der Waals surface area (Å²) in [7, 11) is 0. The molecule has 1 fully saturated rings. The van der Waals surface area contributed by atoms with Gasteiger partial charge in [-0.3, -0.25) is 19.1 Å². The highest BCUT2D eigenvalue weighted by atomic mass is 16.3. The molecule has 1 aliphatic rings. The maximum atomic E-state index is 13.5. The minimum absolute atomic E-state index is 0.0930. The topological polar surface area (TPSA) is 112 Å². The number of nitrogens with one attached hydrogen (secondary N) is 1. The molecule has 29 heavy (non-hydrogen) atoms. The highest BCUT2D eigenvalue weighted by Crippen LogP contribution is 2.52. The van der Waals surface area contributed by atoms with Gasteiger partial charge in [0.15, 0.2) is 0 Å². The molecule has 1 atom stereocenters. The molecular formula is C22H28N2O5. The van der Waals surface area contributed by atoms with Crippen LogP contribution in [0.1, 0.15) is 58.9 Å². The van der Waals surface area contributed by atoms with E-state index in [9.17, 15) is 24.6 Å². The van der Waals surface area contributed by atoms with E-state index in [2.05, 4.69) is 4.98 Å². The van der Waals surface area contributed by atoms with Crippen molar-refractivity contribution < 1.29 is 15.0 Å². The second-order valence-electron chi connectivity index (χ2n) is 8.57. The molecule has 0 aliphatic heterocycles. The van der Waals surface area contributed by atoms with Gasteiger partial charge in [-0.2, -0.15) is 0 Å². The minimum Gasteiger partial charge on any atom is -0.396 e. The van der Waals surface area contributed by atoms with Gasteiger partial charge in [0.2, 0.25) is 5.78 Å². The molecule has 3 N–H and O–H groups in total. The molecule has 1 saturated carbocycles. The monoisotopic (exact) mass is 400 g/mol. The number of carbonyl (C=O) groups excluding carboxylic acids is 1. The summed E-state index contributed by atoms with van der Waals surface area (Å²) in [6.45, 7) is 7.16. The van der Waals surface area contributed by atoms with Crippen molar-refractivity contribution >= 4 is 5.78 Å². The third kappa shape index (κ3) is 3.84. The SMILES string of the molecule is Cc1cc(C)cc(C(=O)c2c(C(C)C)c(=O)[nH]c(=O)n2CC2CC2(CO)CO)c1. The van der Waals surface area contributed by atoms with Crippen molar-refractivity contribution in [2.75, 3.05) is 13.2 Å². The molecule has 0 radical (unpaired) electrons. The molecule has 0 amide bonds. The number of aryl methyl sites for hydroxylation is 2. The minimum atomic E-state index is -0.649. The third-order valence-corrected chi connectivity index (χ3v) is 5.90. The summed E-state index contributed by atoms with van der Waals surface area (Å²) in [5.41, 5.74) is 0.774. The Morgan fingerprint density at radius 3 is 2.24 bits per heavy atom. The summed E-state index contributed by atoms with van der Waals surface area (Å²) in [5, 5.41) is 19.2. The van der Waals surface area contributed by atoms with Crippen molar-refractivity contribution in [1.29, 1.82) is 0 Å². The number of hydrogen-bond acceptors (Lipinski definition) is 5. The van der Waals surface area contributed by atoms with E-state index >= 15 is 0 Å². The van der Waals surface area contributed by atoms with E-state index in [-0.39, 0.29) is 48.6 Å². The fraction of sp³-hybridized carbons (Fsp3) is 0.500. The standard InChI is InChI=1S/C22H28N2O5/c1-12(2)17-18(19(27)15-6-13(3)5-14(4)7-15)24(21(29)23-20(17)28)9-16-8-22(16,10-25)11-26/h5-7,12,16,25-26H,8-11H2,1-4H3,(H,23,28,29). The van der Waals surface area contributed by atoms with E-state index in [1.54, 1.807) is 26.0 Å². The number of carbonyl (C=O) groups is 1. The second-order valence-corrected chi connectivity index (χ2v) is 8.57. The molecule has 2 aromatic rings. The summed E-state index contributed by atoms with van der Waals surface area (Å²) >= 11 is 0. The number of rotatable bonds is 7. The van der Waals surface area contributed by atoms with Crippen LogP contribution in [0.3, 0.4) is 0 Å². The number of benzene rings is 1. The van der Waals surface area contributed by atoms with Gasteiger partial charge in [0, 0.05) is 23.1 Å². The molecule has 156 valence electrons. The fourth-order valence-electron chi connectivity index (χ4n) is 4.13. The smallest absolute Gasteiger partial charge is 0.328 e. The molecule has 0 spiro atoms. The molecular weight excluding hydrogens is 372 g/mol. The number of H-pyrrole nitrogens is 1. The molecule has 0 bridgehead atoms. The average Bonchev–Trinajstić information content (AvgIpc) is 3.35. The van der Waals surface area contributed by atoms with E-state index in [0.29, 0.717) is 12.0 Å². The first-order chi connectivity index (χ1) is 13.6. The van der Waals surface area contributed by atoms with E-state index in [4.69, 9.17) is 0 Å². The van der Waals surface area contributed by atoms with Gasteiger partial charge in [0.05, 0.1) is 13.2 Å². The maximum absolute atomic E-state index is 13.5. The lowest BCUT2D eigenvalue weighted by molar-refractivity contribution is 0.102. The van der Waals surface area contributed by atoms with Crippen molar-refractivity contribution in [2.45, 2.75) is 46.6 Å². The quantitative estimate of drug-likeness (QED) is 0.610. The molecule has 3 rings (SSSR count). The molecule has 7 nitrogen and oxygen atoms in total. The normalized spacial score (nSPS) is 17.6. The van der Waals surface area contributed by atoms with Gasteiger partial charge in [-0.15, -0.1) is 0 Å². The van der Waals surface area contributed by atoms with E-state index in [0.717, 1.165) is 11.1 Å². The fourth-order valence-corrected chi connectivity index (χ4v) is 4.13. The Bertz CT molecular complexity index is 1040. The van der Waals surface area contributed by atoms with Gasteiger partial charge in [0.1, 0.15) is 5.69 Å². The highest BCUT2D eigenvalue weighted by Gasteiger charge is 2.53. The summed E-state index contributed by atoms with van der Waals surface area (Å²) < 4.78 is 1.31. The van der Waals surface area contributed by atoms with Crippen molar-refractivity contribution in [2.24, 2.45) is 11.3 Å². The van der Waals surface area contributed by atoms with Crippen LogP contribution < -0.4 is 11.2 Å². The van der Waals surface area contributed by atoms with Gasteiger partial charge in [-0.05, 0) is 44.2 Å². The molecule has 1 aromatic carbocycles. The molecule has 7 heteroatoms. The average molecular weight is 400 g/mol. The first-order valence-electron chi connectivity index (χ1n) is 9.85. The lowest BCUT2D eigenvalue weighted by Crippen LogP contribution is -2.38. The lowest BCUT2D eigenvalue weighted by atomic mass is 9.95. The molecule has 0 saturated heterocycles. The largest absolute Gasteiger partial charge is 0.396 e. The van der Waals surface area contributed by atoms with Crippen LogP contribution in [0, 0.1) is 25.2 Å². The second kappa shape index (κ2) is 7.72. The Hall–Kier alpha value is -2.51. The van der Waals surface area contributed by atoms with E-state index in [1.807, 2.05) is 19.9 Å². The number of aliphatic hydroxyl groups is 2. The van der Waals surface area contributed by atoms with Gasteiger partial charge in [-0.1, -0.05) is 31.0 Å². The van der Waals surface area contributed by atoms with Crippen LogP contribution in [0.5, 0.6) is 0 Å². The van der Waals surface area contributed by atoms with Crippen molar-refractivity contribution in [3.63, 3.8) is 0 Å².